The SMILES string of the molecule is O=CC1CC2CCC(C1)C2(F)F. The summed E-state index contributed by atoms with van der Waals surface area (Å²) in [6.07, 6.45) is 2.89. The van der Waals surface area contributed by atoms with Crippen molar-refractivity contribution >= 4 is 6.29 Å². The molecule has 0 radical (unpaired) electrons. The molecular formula is C9H12F2O. The topological polar surface area (TPSA) is 17.1 Å². The standard InChI is InChI=1S/C9H12F2O/c10-9(11)7-1-2-8(9)4-6(3-7)5-12/h5-8H,1-4H2. The van der Waals surface area contributed by atoms with Crippen LogP contribution in [0.5, 0.6) is 0 Å². The first-order chi connectivity index (χ1) is 5.64. The Morgan fingerprint density at radius 2 is 1.67 bits per heavy atom. The molecule has 0 N–H and O–H groups in total. The Hall–Kier alpha value is -0.470. The van der Waals surface area contributed by atoms with Crippen LogP contribution in [0.25, 0.3) is 0 Å². The van der Waals surface area contributed by atoms with Crippen LogP contribution in [0.1, 0.15) is 25.7 Å². The summed E-state index contributed by atoms with van der Waals surface area (Å²) < 4.78 is 26.5. The van der Waals surface area contributed by atoms with E-state index in [1.807, 2.05) is 0 Å². The Bertz CT molecular complexity index is 187. The highest BCUT2D eigenvalue weighted by Crippen LogP contribution is 2.54. The molecule has 12 heavy (non-hydrogen) atoms. The molecule has 2 aliphatic carbocycles. The molecule has 2 fully saturated rings. The van der Waals surface area contributed by atoms with Gasteiger partial charge in [-0.3, -0.25) is 0 Å². The first-order valence-corrected chi connectivity index (χ1v) is 4.47. The Labute approximate surface area is 70.1 Å². The van der Waals surface area contributed by atoms with Gasteiger partial charge in [0.2, 0.25) is 0 Å². The third-order valence-electron chi connectivity index (χ3n) is 3.32. The molecule has 0 aromatic heterocycles. The van der Waals surface area contributed by atoms with Crippen molar-refractivity contribution in [3.8, 4) is 0 Å². The molecule has 2 aliphatic rings. The Kier molecular flexibility index (Phi) is 1.70. The number of rotatable bonds is 1. The van der Waals surface area contributed by atoms with E-state index < -0.39 is 17.8 Å². The summed E-state index contributed by atoms with van der Waals surface area (Å²) >= 11 is 0. The highest BCUT2D eigenvalue weighted by molar-refractivity contribution is 5.54. The minimum Gasteiger partial charge on any atom is -0.303 e. The lowest BCUT2D eigenvalue weighted by molar-refractivity contribution is -0.127. The van der Waals surface area contributed by atoms with Gasteiger partial charge >= 0.3 is 0 Å². The zero-order valence-corrected chi connectivity index (χ0v) is 6.80. The maximum absolute atomic E-state index is 13.2. The van der Waals surface area contributed by atoms with Crippen LogP contribution < -0.4 is 0 Å². The second kappa shape index (κ2) is 2.51. The van der Waals surface area contributed by atoms with Gasteiger partial charge in [0.15, 0.2) is 0 Å². The summed E-state index contributed by atoms with van der Waals surface area (Å²) in [5, 5.41) is 0. The van der Waals surface area contributed by atoms with Crippen molar-refractivity contribution in [3.05, 3.63) is 0 Å². The fraction of sp³-hybridized carbons (Fsp3) is 0.889. The van der Waals surface area contributed by atoms with Crippen LogP contribution in [0.3, 0.4) is 0 Å². The van der Waals surface area contributed by atoms with Crippen molar-refractivity contribution in [2.24, 2.45) is 17.8 Å². The molecule has 3 heteroatoms. The quantitative estimate of drug-likeness (QED) is 0.557. The number of hydrogen-bond donors (Lipinski definition) is 0. The van der Waals surface area contributed by atoms with Crippen molar-refractivity contribution in [2.75, 3.05) is 0 Å². The first kappa shape index (κ1) is 8.14. The number of carbonyl (C=O) groups excluding carboxylic acids is 1. The predicted octanol–water partition coefficient (Wildman–Crippen LogP) is 2.26. The van der Waals surface area contributed by atoms with Gasteiger partial charge in [0.05, 0.1) is 0 Å². The largest absolute Gasteiger partial charge is 0.303 e. The van der Waals surface area contributed by atoms with E-state index >= 15 is 0 Å². The van der Waals surface area contributed by atoms with Crippen molar-refractivity contribution in [1.82, 2.24) is 0 Å². The summed E-state index contributed by atoms with van der Waals surface area (Å²) in [7, 11) is 0. The lowest BCUT2D eigenvalue weighted by atomic mass is 9.79. The van der Waals surface area contributed by atoms with Gasteiger partial charge in [-0.25, -0.2) is 8.78 Å². The Morgan fingerprint density at radius 1 is 1.17 bits per heavy atom. The predicted molar refractivity (Wildman–Crippen MR) is 39.9 cm³/mol. The van der Waals surface area contributed by atoms with Crippen LogP contribution >= 0.6 is 0 Å². The zero-order valence-electron chi connectivity index (χ0n) is 6.80. The van der Waals surface area contributed by atoms with E-state index in [-0.39, 0.29) is 5.92 Å². The van der Waals surface area contributed by atoms with Crippen molar-refractivity contribution in [3.63, 3.8) is 0 Å². The van der Waals surface area contributed by atoms with Crippen LogP contribution in [-0.2, 0) is 4.79 Å². The molecule has 2 unspecified atom stereocenters. The van der Waals surface area contributed by atoms with E-state index in [0.717, 1.165) is 6.29 Å². The van der Waals surface area contributed by atoms with Crippen LogP contribution in [0, 0.1) is 17.8 Å². The van der Waals surface area contributed by atoms with Gasteiger partial charge in [-0.2, -0.15) is 0 Å². The normalized spacial score (nSPS) is 44.3. The van der Waals surface area contributed by atoms with Crippen LogP contribution in [0.4, 0.5) is 8.78 Å². The van der Waals surface area contributed by atoms with Gasteiger partial charge in [0, 0.05) is 17.8 Å². The summed E-state index contributed by atoms with van der Waals surface area (Å²) in [6.45, 7) is 0. The molecule has 2 atom stereocenters. The van der Waals surface area contributed by atoms with E-state index in [0.29, 0.717) is 25.7 Å². The third kappa shape index (κ3) is 0.985. The van der Waals surface area contributed by atoms with E-state index in [4.69, 9.17) is 0 Å². The molecule has 2 rings (SSSR count). The fourth-order valence-electron chi connectivity index (χ4n) is 2.61. The van der Waals surface area contributed by atoms with E-state index in [1.54, 1.807) is 0 Å². The number of aldehydes is 1. The third-order valence-corrected chi connectivity index (χ3v) is 3.32. The molecule has 68 valence electrons. The van der Waals surface area contributed by atoms with Crippen LogP contribution in [0.2, 0.25) is 0 Å². The molecule has 0 aromatic rings. The van der Waals surface area contributed by atoms with Gasteiger partial charge in [-0.15, -0.1) is 0 Å². The van der Waals surface area contributed by atoms with Gasteiger partial charge < -0.3 is 4.79 Å². The van der Waals surface area contributed by atoms with Gasteiger partial charge in [-0.1, -0.05) is 0 Å². The molecule has 0 amide bonds. The number of carbonyl (C=O) groups is 1. The fourth-order valence-corrected chi connectivity index (χ4v) is 2.61. The molecule has 0 aromatic carbocycles. The van der Waals surface area contributed by atoms with Crippen LogP contribution in [-0.4, -0.2) is 12.2 Å². The molecule has 0 heterocycles. The second-order valence-corrected chi connectivity index (χ2v) is 4.01. The van der Waals surface area contributed by atoms with Gasteiger partial charge in [-0.05, 0) is 25.7 Å². The molecule has 0 spiro atoms. The van der Waals surface area contributed by atoms with Crippen LogP contribution in [0.15, 0.2) is 0 Å². The minimum absolute atomic E-state index is 0.0953. The molecular weight excluding hydrogens is 162 g/mol. The number of alkyl halides is 2. The monoisotopic (exact) mass is 174 g/mol. The average molecular weight is 174 g/mol. The Balaban J connectivity index is 2.16. The number of fused-ring (bicyclic) bond motifs is 2. The maximum atomic E-state index is 13.2. The van der Waals surface area contributed by atoms with E-state index in [2.05, 4.69) is 0 Å². The smallest absolute Gasteiger partial charge is 0.253 e. The summed E-state index contributed by atoms with van der Waals surface area (Å²) in [5.74, 6) is -3.58. The van der Waals surface area contributed by atoms with E-state index in [9.17, 15) is 13.6 Å². The lowest BCUT2D eigenvalue weighted by Gasteiger charge is -2.32. The molecule has 0 aliphatic heterocycles. The van der Waals surface area contributed by atoms with E-state index in [1.165, 1.54) is 0 Å². The maximum Gasteiger partial charge on any atom is 0.253 e. The second-order valence-electron chi connectivity index (χ2n) is 4.01. The van der Waals surface area contributed by atoms with Crippen molar-refractivity contribution in [1.29, 1.82) is 0 Å². The summed E-state index contributed by atoms with van der Waals surface area (Å²) in [6, 6.07) is 0. The van der Waals surface area contributed by atoms with Gasteiger partial charge in [0.1, 0.15) is 6.29 Å². The molecule has 2 saturated carbocycles. The number of halogens is 2. The Morgan fingerprint density at radius 3 is 2.08 bits per heavy atom. The van der Waals surface area contributed by atoms with Crippen molar-refractivity contribution in [2.45, 2.75) is 31.6 Å². The van der Waals surface area contributed by atoms with Gasteiger partial charge in [0.25, 0.3) is 5.92 Å². The lowest BCUT2D eigenvalue weighted by Crippen LogP contribution is -2.37. The first-order valence-electron chi connectivity index (χ1n) is 4.47. The summed E-state index contributed by atoms with van der Waals surface area (Å²) in [4.78, 5) is 10.4. The highest BCUT2D eigenvalue weighted by Gasteiger charge is 2.55. The van der Waals surface area contributed by atoms with Crippen molar-refractivity contribution < 1.29 is 13.6 Å². The minimum atomic E-state index is -2.47. The zero-order chi connectivity index (χ0) is 8.77. The number of hydrogen-bond acceptors (Lipinski definition) is 1. The average Bonchev–Trinajstić information content (AvgIpc) is 2.29. The summed E-state index contributed by atoms with van der Waals surface area (Å²) in [5.41, 5.74) is 0. The highest BCUT2D eigenvalue weighted by atomic mass is 19.3. The molecule has 1 nitrogen and oxygen atoms in total. The molecule has 0 saturated heterocycles. The molecule has 2 bridgehead atoms.